The third-order valence-electron chi connectivity index (χ3n) is 3.18. The Kier molecular flexibility index (Phi) is 3.76. The molecular weight excluding hydrogens is 278 g/mol. The second-order valence-electron chi connectivity index (χ2n) is 4.60. The van der Waals surface area contributed by atoms with Crippen LogP contribution in [0.1, 0.15) is 17.2 Å². The van der Waals surface area contributed by atoms with Crippen LogP contribution in [0.3, 0.4) is 0 Å². The minimum absolute atomic E-state index is 0.464. The number of rotatable bonds is 3. The van der Waals surface area contributed by atoms with E-state index in [4.69, 9.17) is 21.1 Å². The Balaban J connectivity index is 1.85. The summed E-state index contributed by atoms with van der Waals surface area (Å²) in [5, 5.41) is 10.8. The molecule has 1 unspecified atom stereocenters. The number of benzene rings is 1. The van der Waals surface area contributed by atoms with Gasteiger partial charge in [0, 0.05) is 18.8 Å². The van der Waals surface area contributed by atoms with Crippen molar-refractivity contribution < 1.29 is 14.6 Å². The van der Waals surface area contributed by atoms with Crippen LogP contribution in [-0.2, 0) is 6.42 Å². The number of halogens is 1. The van der Waals surface area contributed by atoms with Crippen molar-refractivity contribution in [3.8, 4) is 11.5 Å². The van der Waals surface area contributed by atoms with Crippen molar-refractivity contribution in [2.24, 2.45) is 0 Å². The maximum absolute atomic E-state index is 10.3. The molecule has 1 atom stereocenters. The predicted octanol–water partition coefficient (Wildman–Crippen LogP) is 2.78. The van der Waals surface area contributed by atoms with E-state index < -0.39 is 6.10 Å². The van der Waals surface area contributed by atoms with Crippen LogP contribution < -0.4 is 9.47 Å². The molecule has 0 spiro atoms. The summed E-state index contributed by atoms with van der Waals surface area (Å²) in [4.78, 5) is 3.96. The van der Waals surface area contributed by atoms with Crippen molar-refractivity contribution in [2.45, 2.75) is 12.5 Å². The molecule has 0 radical (unpaired) electrons. The molecule has 20 heavy (non-hydrogen) atoms. The molecule has 0 bridgehead atoms. The number of aliphatic hydroxyl groups excluding tert-OH is 1. The van der Waals surface area contributed by atoms with E-state index in [1.807, 2.05) is 12.1 Å². The lowest BCUT2D eigenvalue weighted by Gasteiger charge is -2.21. The number of nitrogens with zero attached hydrogens (tertiary/aromatic N) is 1. The zero-order valence-corrected chi connectivity index (χ0v) is 11.5. The number of pyridine rings is 1. The van der Waals surface area contributed by atoms with Crippen LogP contribution in [0.4, 0.5) is 0 Å². The van der Waals surface area contributed by atoms with E-state index >= 15 is 0 Å². The van der Waals surface area contributed by atoms with Gasteiger partial charge in [-0.05, 0) is 35.4 Å². The van der Waals surface area contributed by atoms with Crippen molar-refractivity contribution in [2.75, 3.05) is 13.2 Å². The van der Waals surface area contributed by atoms with Crippen LogP contribution in [0.15, 0.2) is 36.7 Å². The number of fused-ring (bicyclic) bond motifs is 1. The standard InChI is InChI=1S/C15H14ClNO3/c16-12-8-11(9-14-15(12)20-6-5-19-14)13(18)7-10-1-3-17-4-2-10/h1-4,8-9,13,18H,5-7H2. The van der Waals surface area contributed by atoms with Crippen LogP contribution in [0.5, 0.6) is 11.5 Å². The number of hydrogen-bond donors (Lipinski definition) is 1. The van der Waals surface area contributed by atoms with E-state index in [2.05, 4.69) is 4.98 Å². The van der Waals surface area contributed by atoms with Gasteiger partial charge in [0.1, 0.15) is 13.2 Å². The summed E-state index contributed by atoms with van der Waals surface area (Å²) in [5.74, 6) is 1.14. The van der Waals surface area contributed by atoms with Gasteiger partial charge in [-0.25, -0.2) is 0 Å². The average molecular weight is 292 g/mol. The smallest absolute Gasteiger partial charge is 0.179 e. The van der Waals surface area contributed by atoms with Crippen LogP contribution in [0, 0.1) is 0 Å². The van der Waals surface area contributed by atoms with Gasteiger partial charge in [-0.15, -0.1) is 0 Å². The fourth-order valence-corrected chi connectivity index (χ4v) is 2.46. The highest BCUT2D eigenvalue weighted by atomic mass is 35.5. The highest BCUT2D eigenvalue weighted by Crippen LogP contribution is 2.40. The van der Waals surface area contributed by atoms with Gasteiger partial charge in [-0.1, -0.05) is 11.6 Å². The minimum atomic E-state index is -0.647. The van der Waals surface area contributed by atoms with Crippen LogP contribution in [0.25, 0.3) is 0 Å². The Labute approximate surface area is 121 Å². The summed E-state index contributed by atoms with van der Waals surface area (Å²) in [6.07, 6.45) is 3.27. The van der Waals surface area contributed by atoms with Crippen molar-refractivity contribution in [1.82, 2.24) is 4.98 Å². The van der Waals surface area contributed by atoms with Gasteiger partial charge in [-0.3, -0.25) is 4.98 Å². The number of ether oxygens (including phenoxy) is 2. The fourth-order valence-electron chi connectivity index (χ4n) is 2.18. The molecule has 4 nitrogen and oxygen atoms in total. The first-order valence-electron chi connectivity index (χ1n) is 6.40. The highest BCUT2D eigenvalue weighted by Gasteiger charge is 2.19. The second-order valence-corrected chi connectivity index (χ2v) is 5.01. The van der Waals surface area contributed by atoms with E-state index in [-0.39, 0.29) is 0 Å². The van der Waals surface area contributed by atoms with E-state index in [0.717, 1.165) is 11.1 Å². The largest absolute Gasteiger partial charge is 0.486 e. The molecule has 3 rings (SSSR count). The summed E-state index contributed by atoms with van der Waals surface area (Å²) in [6, 6.07) is 7.26. The Bertz CT molecular complexity index is 604. The molecule has 1 aliphatic rings. The van der Waals surface area contributed by atoms with Gasteiger partial charge in [0.25, 0.3) is 0 Å². The molecule has 0 fully saturated rings. The van der Waals surface area contributed by atoms with Gasteiger partial charge >= 0.3 is 0 Å². The van der Waals surface area contributed by atoms with Gasteiger partial charge < -0.3 is 14.6 Å². The molecule has 0 saturated carbocycles. The first-order valence-corrected chi connectivity index (χ1v) is 6.78. The zero-order chi connectivity index (χ0) is 13.9. The zero-order valence-electron chi connectivity index (χ0n) is 10.8. The Hall–Kier alpha value is -1.78. The first-order chi connectivity index (χ1) is 9.74. The molecule has 0 aliphatic carbocycles. The first kappa shape index (κ1) is 13.2. The second kappa shape index (κ2) is 5.69. The summed E-state index contributed by atoms with van der Waals surface area (Å²) in [7, 11) is 0. The minimum Gasteiger partial charge on any atom is -0.486 e. The summed E-state index contributed by atoms with van der Waals surface area (Å²) >= 11 is 6.17. The SMILES string of the molecule is OC(Cc1ccncc1)c1cc(Cl)c2c(c1)OCCO2. The maximum Gasteiger partial charge on any atom is 0.179 e. The molecule has 5 heteroatoms. The summed E-state index contributed by atoms with van der Waals surface area (Å²) < 4.78 is 11.0. The summed E-state index contributed by atoms with van der Waals surface area (Å²) in [5.41, 5.74) is 1.73. The average Bonchev–Trinajstić information content (AvgIpc) is 2.48. The van der Waals surface area contributed by atoms with E-state index in [0.29, 0.717) is 36.2 Å². The Morgan fingerprint density at radius 3 is 2.75 bits per heavy atom. The van der Waals surface area contributed by atoms with Crippen molar-refractivity contribution in [1.29, 1.82) is 0 Å². The van der Waals surface area contributed by atoms with Gasteiger partial charge in [-0.2, -0.15) is 0 Å². The summed E-state index contributed by atoms with van der Waals surface area (Å²) in [6.45, 7) is 0.985. The lowest BCUT2D eigenvalue weighted by atomic mass is 10.0. The van der Waals surface area contributed by atoms with E-state index in [1.54, 1.807) is 24.5 Å². The highest BCUT2D eigenvalue weighted by molar-refractivity contribution is 6.32. The van der Waals surface area contributed by atoms with Crippen LogP contribution in [0.2, 0.25) is 5.02 Å². The third-order valence-corrected chi connectivity index (χ3v) is 3.46. The van der Waals surface area contributed by atoms with Crippen LogP contribution >= 0.6 is 11.6 Å². The lowest BCUT2D eigenvalue weighted by Crippen LogP contribution is -2.16. The fraction of sp³-hybridized carbons (Fsp3) is 0.267. The van der Waals surface area contributed by atoms with Crippen molar-refractivity contribution in [3.63, 3.8) is 0 Å². The molecule has 0 amide bonds. The van der Waals surface area contributed by atoms with Crippen molar-refractivity contribution >= 4 is 11.6 Å². The molecule has 1 aromatic heterocycles. The van der Waals surface area contributed by atoms with E-state index in [1.165, 1.54) is 0 Å². The van der Waals surface area contributed by atoms with Gasteiger partial charge in [0.2, 0.25) is 0 Å². The molecular formula is C15H14ClNO3. The number of hydrogen-bond acceptors (Lipinski definition) is 4. The van der Waals surface area contributed by atoms with Crippen LogP contribution in [-0.4, -0.2) is 23.3 Å². The Morgan fingerprint density at radius 1 is 1.20 bits per heavy atom. The monoisotopic (exact) mass is 291 g/mol. The molecule has 104 valence electrons. The predicted molar refractivity (Wildman–Crippen MR) is 75.3 cm³/mol. The van der Waals surface area contributed by atoms with Gasteiger partial charge in [0.05, 0.1) is 11.1 Å². The quantitative estimate of drug-likeness (QED) is 0.945. The Morgan fingerprint density at radius 2 is 1.95 bits per heavy atom. The molecule has 1 N–H and O–H groups in total. The van der Waals surface area contributed by atoms with Gasteiger partial charge in [0.15, 0.2) is 11.5 Å². The third kappa shape index (κ3) is 2.71. The molecule has 2 aromatic rings. The molecule has 1 aromatic carbocycles. The van der Waals surface area contributed by atoms with Crippen molar-refractivity contribution in [3.05, 3.63) is 52.8 Å². The molecule has 2 heterocycles. The topological polar surface area (TPSA) is 51.6 Å². The lowest BCUT2D eigenvalue weighted by molar-refractivity contribution is 0.164. The number of aliphatic hydroxyl groups is 1. The maximum atomic E-state index is 10.3. The molecule has 0 saturated heterocycles. The normalized spacial score (nSPS) is 14.9. The van der Waals surface area contributed by atoms with E-state index in [9.17, 15) is 5.11 Å². The number of aromatic nitrogens is 1. The molecule has 1 aliphatic heterocycles.